The van der Waals surface area contributed by atoms with Crippen LogP contribution < -0.4 is 15.1 Å². The number of anilines is 2. The lowest BCUT2D eigenvalue weighted by Crippen LogP contribution is -2.29. The molecular formula is C37H39F2N9O3S. The normalized spacial score (nSPS) is 18.0. The molecule has 0 saturated carbocycles. The van der Waals surface area contributed by atoms with Crippen LogP contribution in [0.3, 0.4) is 0 Å². The van der Waals surface area contributed by atoms with Crippen LogP contribution in [0.4, 0.5) is 25.2 Å². The van der Waals surface area contributed by atoms with E-state index >= 15 is 0 Å². The van der Waals surface area contributed by atoms with Crippen molar-refractivity contribution in [1.82, 2.24) is 35.1 Å². The van der Waals surface area contributed by atoms with Gasteiger partial charge in [0.25, 0.3) is 11.1 Å². The summed E-state index contributed by atoms with van der Waals surface area (Å²) in [6.07, 6.45) is 10.7. The number of rotatable bonds is 6. The van der Waals surface area contributed by atoms with Crippen LogP contribution in [0.15, 0.2) is 66.1 Å². The average molecular weight is 728 g/mol. The van der Waals surface area contributed by atoms with Gasteiger partial charge in [-0.1, -0.05) is 18.2 Å². The van der Waals surface area contributed by atoms with Gasteiger partial charge in [-0.3, -0.25) is 29.7 Å². The molecule has 0 radical (unpaired) electrons. The van der Waals surface area contributed by atoms with Crippen molar-refractivity contribution in [3.05, 3.63) is 88.9 Å². The van der Waals surface area contributed by atoms with E-state index in [1.807, 2.05) is 0 Å². The first-order valence-corrected chi connectivity index (χ1v) is 17.8. The summed E-state index contributed by atoms with van der Waals surface area (Å²) in [4.78, 5) is 60.6. The van der Waals surface area contributed by atoms with Crippen molar-refractivity contribution in [2.75, 3.05) is 76.3 Å². The number of hydrogen-bond donors (Lipinski definition) is 1. The fourth-order valence-electron chi connectivity index (χ4n) is 5.99. The molecule has 0 atom stereocenters. The summed E-state index contributed by atoms with van der Waals surface area (Å²) in [5, 5.41) is 1.70. The number of aromatic nitrogens is 4. The SMILES string of the molecule is CN1CCCN(c2cncc(-c3ccc(/C=C4\SC(=O)NC4=O)c(F)c3)n2)CC1.CN1CCCN(c2cncc(-c3ccc(C=O)c(F)c3)n2)CC1. The summed E-state index contributed by atoms with van der Waals surface area (Å²) in [5.41, 5.74) is 2.70. The highest BCUT2D eigenvalue weighted by Crippen LogP contribution is 2.29. The molecule has 12 nitrogen and oxygen atoms in total. The van der Waals surface area contributed by atoms with Gasteiger partial charge in [0.1, 0.15) is 23.3 Å². The highest BCUT2D eigenvalue weighted by atomic mass is 32.2. The van der Waals surface area contributed by atoms with Crippen molar-refractivity contribution in [3.8, 4) is 22.5 Å². The summed E-state index contributed by atoms with van der Waals surface area (Å²) in [6.45, 7) is 7.66. The first-order valence-electron chi connectivity index (χ1n) is 17.0. The third-order valence-electron chi connectivity index (χ3n) is 8.98. The zero-order chi connectivity index (χ0) is 36.6. The molecule has 1 N–H and O–H groups in total. The number of amides is 2. The molecule has 3 aliphatic rings. The van der Waals surface area contributed by atoms with Gasteiger partial charge >= 0.3 is 0 Å². The quantitative estimate of drug-likeness (QED) is 0.213. The Bertz CT molecular complexity index is 1980. The number of thioether (sulfide) groups is 1. The third kappa shape index (κ3) is 9.21. The molecule has 3 saturated heterocycles. The van der Waals surface area contributed by atoms with Crippen molar-refractivity contribution in [1.29, 1.82) is 0 Å². The number of halogens is 2. The molecule has 5 heterocycles. The maximum Gasteiger partial charge on any atom is 0.290 e. The Morgan fingerprint density at radius 3 is 1.67 bits per heavy atom. The Hall–Kier alpha value is -5.12. The molecule has 0 spiro atoms. The molecule has 2 aromatic heterocycles. The van der Waals surface area contributed by atoms with E-state index in [-0.39, 0.29) is 16.0 Å². The van der Waals surface area contributed by atoms with Gasteiger partial charge in [0, 0.05) is 56.0 Å². The maximum absolute atomic E-state index is 14.6. The maximum atomic E-state index is 14.6. The number of imide groups is 1. The molecule has 3 fully saturated rings. The number of nitrogens with one attached hydrogen (secondary N) is 1. The zero-order valence-corrected chi connectivity index (χ0v) is 29.8. The third-order valence-corrected chi connectivity index (χ3v) is 9.79. The number of hydrogen-bond acceptors (Lipinski definition) is 12. The Morgan fingerprint density at radius 2 is 1.21 bits per heavy atom. The highest BCUT2D eigenvalue weighted by molar-refractivity contribution is 8.18. The Labute approximate surface area is 305 Å². The van der Waals surface area contributed by atoms with Crippen LogP contribution >= 0.6 is 11.8 Å². The van der Waals surface area contributed by atoms with E-state index < -0.39 is 22.8 Å². The molecule has 2 amide bonds. The first-order chi connectivity index (χ1) is 25.2. The topological polar surface area (TPSA) is 128 Å². The van der Waals surface area contributed by atoms with Gasteiger partial charge < -0.3 is 19.6 Å². The van der Waals surface area contributed by atoms with E-state index in [0.29, 0.717) is 28.8 Å². The molecule has 0 aliphatic carbocycles. The predicted octanol–water partition coefficient (Wildman–Crippen LogP) is 4.99. The van der Waals surface area contributed by atoms with Crippen LogP contribution in [-0.4, -0.2) is 114 Å². The largest absolute Gasteiger partial charge is 0.354 e. The van der Waals surface area contributed by atoms with Gasteiger partial charge in [-0.15, -0.1) is 0 Å². The van der Waals surface area contributed by atoms with Crippen molar-refractivity contribution in [2.45, 2.75) is 12.8 Å². The molecule has 4 aromatic rings. The van der Waals surface area contributed by atoms with Gasteiger partial charge in [0.15, 0.2) is 6.29 Å². The number of benzene rings is 2. The minimum atomic E-state index is -0.541. The van der Waals surface area contributed by atoms with E-state index in [9.17, 15) is 23.2 Å². The van der Waals surface area contributed by atoms with E-state index in [0.717, 1.165) is 88.6 Å². The predicted molar refractivity (Wildman–Crippen MR) is 198 cm³/mol. The lowest BCUT2D eigenvalue weighted by atomic mass is 10.1. The van der Waals surface area contributed by atoms with Crippen molar-refractivity contribution in [2.24, 2.45) is 0 Å². The molecule has 52 heavy (non-hydrogen) atoms. The highest BCUT2D eigenvalue weighted by Gasteiger charge is 2.25. The van der Waals surface area contributed by atoms with Crippen LogP contribution in [0, 0.1) is 11.6 Å². The minimum Gasteiger partial charge on any atom is -0.354 e. The van der Waals surface area contributed by atoms with Gasteiger partial charge in [0.05, 0.1) is 46.6 Å². The molecule has 0 unspecified atom stereocenters. The molecule has 3 aliphatic heterocycles. The van der Waals surface area contributed by atoms with Gasteiger partial charge in [-0.25, -0.2) is 18.7 Å². The van der Waals surface area contributed by atoms with E-state index in [1.165, 1.54) is 24.3 Å². The summed E-state index contributed by atoms with van der Waals surface area (Å²) in [5.74, 6) is 0.0391. The molecular weight excluding hydrogens is 689 g/mol. The summed E-state index contributed by atoms with van der Waals surface area (Å²) in [7, 11) is 4.22. The van der Waals surface area contributed by atoms with Crippen LogP contribution in [0.5, 0.6) is 0 Å². The minimum absolute atomic E-state index is 0.0495. The Kier molecular flexibility index (Phi) is 11.9. The Balaban J connectivity index is 0.000000183. The standard InChI is InChI=1S/C20H20FN5O2S.C17H19FN4O/c1-25-5-2-6-26(8-7-25)18-12-22-11-16(23-18)14-4-3-13(15(21)9-14)10-17-19(27)24-20(28)29-17;1-21-5-2-6-22(8-7-21)17-11-19-10-16(20-17)13-3-4-14(12-23)15(18)9-13/h3-4,9-12H,2,5-8H2,1H3,(H,24,27,28);3-4,9-12H,2,5-8H2,1H3/b17-10-;. The van der Waals surface area contributed by atoms with Gasteiger partial charge in [0.2, 0.25) is 0 Å². The van der Waals surface area contributed by atoms with Gasteiger partial charge in [-0.2, -0.15) is 0 Å². The molecule has 15 heteroatoms. The number of carbonyl (C=O) groups is 3. The summed E-state index contributed by atoms with van der Waals surface area (Å²) in [6, 6.07) is 9.16. The fraction of sp³-hybridized carbons (Fsp3) is 0.324. The molecule has 270 valence electrons. The van der Waals surface area contributed by atoms with E-state index in [1.54, 1.807) is 43.0 Å². The van der Waals surface area contributed by atoms with E-state index in [2.05, 4.69) is 58.9 Å². The van der Waals surface area contributed by atoms with Crippen LogP contribution in [0.2, 0.25) is 0 Å². The van der Waals surface area contributed by atoms with Crippen LogP contribution in [0.25, 0.3) is 28.6 Å². The van der Waals surface area contributed by atoms with Crippen LogP contribution in [0.1, 0.15) is 28.8 Å². The number of nitrogens with zero attached hydrogens (tertiary/aromatic N) is 8. The Morgan fingerprint density at radius 1 is 0.692 bits per heavy atom. The second-order valence-electron chi connectivity index (χ2n) is 12.8. The number of likely N-dealkylation sites (N-methyl/N-ethyl adjacent to an activating group) is 2. The fourth-order valence-corrected chi connectivity index (χ4v) is 6.67. The lowest BCUT2D eigenvalue weighted by molar-refractivity contribution is -0.115. The zero-order valence-electron chi connectivity index (χ0n) is 29.0. The molecule has 7 rings (SSSR count). The van der Waals surface area contributed by atoms with Crippen molar-refractivity contribution >= 4 is 46.9 Å². The summed E-state index contributed by atoms with van der Waals surface area (Å²) >= 11 is 0.761. The lowest BCUT2D eigenvalue weighted by Gasteiger charge is -2.21. The smallest absolute Gasteiger partial charge is 0.290 e. The number of aldehydes is 1. The first kappa shape index (κ1) is 36.7. The molecule has 0 bridgehead atoms. The van der Waals surface area contributed by atoms with Crippen LogP contribution in [-0.2, 0) is 4.79 Å². The monoisotopic (exact) mass is 727 g/mol. The molecule has 2 aromatic carbocycles. The van der Waals surface area contributed by atoms with E-state index in [4.69, 9.17) is 0 Å². The van der Waals surface area contributed by atoms with Gasteiger partial charge in [-0.05, 0) is 76.1 Å². The average Bonchev–Trinajstić information content (AvgIpc) is 3.30. The summed E-state index contributed by atoms with van der Waals surface area (Å²) < 4.78 is 28.4. The second-order valence-corrected chi connectivity index (χ2v) is 13.8. The second kappa shape index (κ2) is 16.9. The van der Waals surface area contributed by atoms with Crippen molar-refractivity contribution < 1.29 is 23.2 Å². The van der Waals surface area contributed by atoms with Crippen molar-refractivity contribution in [3.63, 3.8) is 0 Å². The number of carbonyl (C=O) groups excluding carboxylic acids is 3.